The van der Waals surface area contributed by atoms with Crippen LogP contribution in [0.4, 0.5) is 34.1 Å². The molecule has 0 aliphatic rings. The Hall–Kier alpha value is -9.09. The van der Waals surface area contributed by atoms with Crippen LogP contribution in [0, 0.1) is 19.7 Å². The monoisotopic (exact) mass is 791 g/mol. The lowest BCUT2D eigenvalue weighted by atomic mass is 10.0. The number of para-hydroxylation sites is 5. The van der Waals surface area contributed by atoms with Gasteiger partial charge in [0.25, 0.3) is 0 Å². The van der Waals surface area contributed by atoms with Crippen molar-refractivity contribution >= 4 is 55.9 Å². The lowest BCUT2D eigenvalue weighted by Crippen LogP contribution is -2.09. The maximum atomic E-state index is 8.38. The van der Waals surface area contributed by atoms with E-state index >= 15 is 0 Å². The number of hydrogen-bond donors (Lipinski definition) is 0. The number of anilines is 3. The lowest BCUT2D eigenvalue weighted by Gasteiger charge is -2.25. The van der Waals surface area contributed by atoms with Gasteiger partial charge in [0.1, 0.15) is 5.82 Å². The maximum absolute atomic E-state index is 8.38. The Labute approximate surface area is 359 Å². The van der Waals surface area contributed by atoms with E-state index in [0.29, 0.717) is 45.4 Å². The molecular weight excluding hydrogens is 759 g/mol. The summed E-state index contributed by atoms with van der Waals surface area (Å²) in [5.41, 5.74) is 12.8. The van der Waals surface area contributed by atoms with Crippen molar-refractivity contribution in [2.75, 3.05) is 4.90 Å². The summed E-state index contributed by atoms with van der Waals surface area (Å²) in [5.74, 6) is 0.413. The highest BCUT2D eigenvalue weighted by atomic mass is 15.1. The van der Waals surface area contributed by atoms with Crippen molar-refractivity contribution in [2.24, 2.45) is 0 Å². The maximum Gasteiger partial charge on any atom is 0.211 e. The number of rotatable bonds is 8. The fourth-order valence-electron chi connectivity index (χ4n) is 8.18. The van der Waals surface area contributed by atoms with Crippen molar-refractivity contribution in [3.05, 3.63) is 234 Å². The van der Waals surface area contributed by atoms with Gasteiger partial charge in [-0.3, -0.25) is 0 Å². The largest absolute Gasteiger partial charge is 0.319 e. The molecule has 0 atom stereocenters. The molecule has 7 heteroatoms. The molecule has 8 aromatic carbocycles. The molecule has 2 aromatic heterocycles. The smallest absolute Gasteiger partial charge is 0.211 e. The van der Waals surface area contributed by atoms with Gasteiger partial charge in [-0.05, 0) is 77.9 Å². The first-order valence-electron chi connectivity index (χ1n) is 20.0. The minimum atomic E-state index is 0.413. The van der Waals surface area contributed by atoms with E-state index in [9.17, 15) is 0 Å². The molecule has 0 unspecified atom stereocenters. The van der Waals surface area contributed by atoms with Crippen molar-refractivity contribution in [1.82, 2.24) is 14.5 Å². The number of fused-ring (bicyclic) bond motifs is 3. The number of hydrogen-bond acceptors (Lipinski definition) is 3. The molecule has 2 heterocycles. The lowest BCUT2D eigenvalue weighted by molar-refractivity contribution is 1.18. The zero-order chi connectivity index (χ0) is 42.0. The van der Waals surface area contributed by atoms with Crippen LogP contribution >= 0.6 is 0 Å². The van der Waals surface area contributed by atoms with Crippen LogP contribution in [0.15, 0.2) is 200 Å². The summed E-state index contributed by atoms with van der Waals surface area (Å²) in [6, 6.07) is 66.5. The SMILES string of the molecule is [C-]#[N+]c1ccccc1-c1cc(-c2ccc(-c3ccc(-n4c5ccccc5c5cc(N(c6ccccc6)c6ccccc6)ccc54)c([N+]#[C-])c3)cc2)nc(-c2ccccc2[N+]#[C-])n1. The first kappa shape index (κ1) is 37.2. The van der Waals surface area contributed by atoms with E-state index in [-0.39, 0.29) is 0 Å². The summed E-state index contributed by atoms with van der Waals surface area (Å²) in [4.78, 5) is 23.6. The van der Waals surface area contributed by atoms with Gasteiger partial charge < -0.3 is 9.47 Å². The minimum absolute atomic E-state index is 0.413. The molecule has 0 aliphatic carbocycles. The third-order valence-corrected chi connectivity index (χ3v) is 11.1. The van der Waals surface area contributed by atoms with E-state index in [4.69, 9.17) is 29.7 Å². The molecule has 0 bridgehead atoms. The van der Waals surface area contributed by atoms with Crippen LogP contribution in [0.2, 0.25) is 0 Å². The summed E-state index contributed by atoms with van der Waals surface area (Å²) < 4.78 is 2.20. The van der Waals surface area contributed by atoms with Crippen LogP contribution in [0.1, 0.15) is 0 Å². The molecule has 0 aliphatic heterocycles. The third kappa shape index (κ3) is 6.67. The van der Waals surface area contributed by atoms with Crippen molar-refractivity contribution in [3.8, 4) is 50.7 Å². The van der Waals surface area contributed by atoms with Gasteiger partial charge in [0, 0.05) is 44.5 Å². The van der Waals surface area contributed by atoms with Gasteiger partial charge in [-0.25, -0.2) is 24.5 Å². The summed E-state index contributed by atoms with van der Waals surface area (Å²) in [7, 11) is 0. The molecule has 0 spiro atoms. The second-order valence-corrected chi connectivity index (χ2v) is 14.7. The Kier molecular flexibility index (Phi) is 9.56. The molecule has 0 saturated heterocycles. The third-order valence-electron chi connectivity index (χ3n) is 11.1. The molecular formula is C55H33N7. The second kappa shape index (κ2) is 15.9. The average Bonchev–Trinajstić information content (AvgIpc) is 3.67. The summed E-state index contributed by atoms with van der Waals surface area (Å²) in [6.07, 6.45) is 0. The Balaban J connectivity index is 1.04. The summed E-state index contributed by atoms with van der Waals surface area (Å²) in [6.45, 7) is 23.9. The highest BCUT2D eigenvalue weighted by molar-refractivity contribution is 6.11. The second-order valence-electron chi connectivity index (χ2n) is 14.7. The van der Waals surface area contributed by atoms with E-state index in [1.54, 1.807) is 12.1 Å². The van der Waals surface area contributed by atoms with Crippen LogP contribution in [-0.2, 0) is 0 Å². The van der Waals surface area contributed by atoms with Crippen molar-refractivity contribution in [2.45, 2.75) is 0 Å². The van der Waals surface area contributed by atoms with Crippen molar-refractivity contribution in [3.63, 3.8) is 0 Å². The van der Waals surface area contributed by atoms with Crippen LogP contribution in [-0.4, -0.2) is 14.5 Å². The van der Waals surface area contributed by atoms with Gasteiger partial charge >= 0.3 is 0 Å². The van der Waals surface area contributed by atoms with Crippen LogP contribution in [0.5, 0.6) is 0 Å². The molecule has 288 valence electrons. The number of aromatic nitrogens is 3. The van der Waals surface area contributed by atoms with Crippen molar-refractivity contribution < 1.29 is 0 Å². The molecule has 0 amide bonds. The Bertz CT molecular complexity index is 3330. The van der Waals surface area contributed by atoms with Gasteiger partial charge in [-0.15, -0.1) is 0 Å². The first-order chi connectivity index (χ1) is 30.6. The van der Waals surface area contributed by atoms with E-state index in [1.165, 1.54) is 0 Å². The predicted molar refractivity (Wildman–Crippen MR) is 252 cm³/mol. The van der Waals surface area contributed by atoms with Crippen LogP contribution in [0.3, 0.4) is 0 Å². The summed E-state index contributed by atoms with van der Waals surface area (Å²) in [5, 5.41) is 2.20. The fraction of sp³-hybridized carbons (Fsp3) is 0. The molecule has 62 heavy (non-hydrogen) atoms. The Morgan fingerprint density at radius 2 is 0.935 bits per heavy atom. The van der Waals surface area contributed by atoms with E-state index in [2.05, 4.69) is 115 Å². The zero-order valence-corrected chi connectivity index (χ0v) is 33.2. The van der Waals surface area contributed by atoms with Gasteiger partial charge in [-0.2, -0.15) is 0 Å². The van der Waals surface area contributed by atoms with Gasteiger partial charge in [-0.1, -0.05) is 133 Å². The zero-order valence-electron chi connectivity index (χ0n) is 33.2. The predicted octanol–water partition coefficient (Wildman–Crippen LogP) is 15.4. The molecule has 7 nitrogen and oxygen atoms in total. The Morgan fingerprint density at radius 1 is 0.387 bits per heavy atom. The van der Waals surface area contributed by atoms with Crippen LogP contribution < -0.4 is 4.90 Å². The van der Waals surface area contributed by atoms with E-state index < -0.39 is 0 Å². The summed E-state index contributed by atoms with van der Waals surface area (Å²) >= 11 is 0. The first-order valence-corrected chi connectivity index (χ1v) is 20.0. The molecule has 0 fully saturated rings. The quantitative estimate of drug-likeness (QED) is 0.144. The molecule has 10 rings (SSSR count). The Morgan fingerprint density at radius 3 is 1.63 bits per heavy atom. The topological polar surface area (TPSA) is 47.0 Å². The van der Waals surface area contributed by atoms with Gasteiger partial charge in [0.2, 0.25) is 5.69 Å². The van der Waals surface area contributed by atoms with Gasteiger partial charge in [0.15, 0.2) is 11.4 Å². The van der Waals surface area contributed by atoms with Crippen molar-refractivity contribution in [1.29, 1.82) is 0 Å². The molecule has 0 N–H and O–H groups in total. The number of benzene rings is 8. The fourth-order valence-corrected chi connectivity index (χ4v) is 8.18. The van der Waals surface area contributed by atoms with E-state index in [0.717, 1.165) is 61.2 Å². The van der Waals surface area contributed by atoms with E-state index in [1.807, 2.05) is 97.1 Å². The highest BCUT2D eigenvalue weighted by Gasteiger charge is 2.20. The molecule has 10 aromatic rings. The average molecular weight is 792 g/mol. The highest BCUT2D eigenvalue weighted by Crippen LogP contribution is 2.42. The molecule has 0 radical (unpaired) electrons. The van der Waals surface area contributed by atoms with Crippen LogP contribution in [0.25, 0.3) is 87.1 Å². The normalized spacial score (nSPS) is 10.9. The molecule has 0 saturated carbocycles. The standard InChI is InChI=1S/C55H33N7/c1-56-47-23-13-10-21-44(47)50-36-49(59-55(60-50)45-22-11-14-24-48(45)57-2)38-28-26-37(27-29-38)39-30-32-54(51(34-39)58-3)62-52-25-15-12-20-43(52)46-35-42(31-33-53(46)62)61(40-16-6-4-7-17-40)41-18-8-5-9-19-41/h4-36H. The number of nitrogens with zero attached hydrogens (tertiary/aromatic N) is 7. The van der Waals surface area contributed by atoms with Gasteiger partial charge in [0.05, 0.1) is 47.8 Å². The minimum Gasteiger partial charge on any atom is -0.319 e.